The van der Waals surface area contributed by atoms with Gasteiger partial charge in [-0.05, 0) is 61.9 Å². The molecular formula is C15H26O2. The second-order valence-electron chi connectivity index (χ2n) is 6.71. The molecular weight excluding hydrogens is 212 g/mol. The molecule has 98 valence electrons. The first kappa shape index (κ1) is 13.1. The Bertz CT molecular complexity index is 308. The summed E-state index contributed by atoms with van der Waals surface area (Å²) in [7, 11) is 0. The number of aliphatic hydroxyl groups excluding tert-OH is 1. The van der Waals surface area contributed by atoms with E-state index in [9.17, 15) is 10.2 Å². The number of aliphatic hydroxyl groups is 2. The molecule has 4 atom stereocenters. The number of hydrogen-bond acceptors (Lipinski definition) is 2. The van der Waals surface area contributed by atoms with Crippen LogP contribution >= 0.6 is 0 Å². The minimum atomic E-state index is -0.526. The maximum absolute atomic E-state index is 10.6. The first-order valence-electron chi connectivity index (χ1n) is 6.90. The average molecular weight is 238 g/mol. The number of rotatable bonds is 2. The Labute approximate surface area is 105 Å². The Morgan fingerprint density at radius 3 is 2.65 bits per heavy atom. The van der Waals surface area contributed by atoms with Crippen molar-refractivity contribution in [2.24, 2.45) is 17.3 Å². The topological polar surface area (TPSA) is 40.5 Å². The van der Waals surface area contributed by atoms with Gasteiger partial charge >= 0.3 is 0 Å². The van der Waals surface area contributed by atoms with Crippen LogP contribution in [0.5, 0.6) is 0 Å². The zero-order valence-corrected chi connectivity index (χ0v) is 11.2. The molecule has 2 fully saturated rings. The van der Waals surface area contributed by atoms with Crippen LogP contribution in [0.3, 0.4) is 0 Å². The van der Waals surface area contributed by atoms with Crippen LogP contribution in [0, 0.1) is 17.3 Å². The minimum Gasteiger partial charge on any atom is -0.392 e. The van der Waals surface area contributed by atoms with Crippen LogP contribution in [0.25, 0.3) is 0 Å². The first-order chi connectivity index (χ1) is 7.89. The Balaban J connectivity index is 2.17. The van der Waals surface area contributed by atoms with Crippen molar-refractivity contribution in [2.75, 3.05) is 6.61 Å². The van der Waals surface area contributed by atoms with Crippen LogP contribution in [0.15, 0.2) is 12.2 Å². The van der Waals surface area contributed by atoms with Gasteiger partial charge in [0.15, 0.2) is 0 Å². The van der Waals surface area contributed by atoms with Gasteiger partial charge < -0.3 is 10.2 Å². The molecule has 17 heavy (non-hydrogen) atoms. The van der Waals surface area contributed by atoms with Gasteiger partial charge in [0.1, 0.15) is 0 Å². The summed E-state index contributed by atoms with van der Waals surface area (Å²) in [5, 5.41) is 19.8. The van der Waals surface area contributed by atoms with Crippen LogP contribution in [0.4, 0.5) is 0 Å². The maximum Gasteiger partial charge on any atom is 0.0653 e. The van der Waals surface area contributed by atoms with Gasteiger partial charge in [-0.25, -0.2) is 0 Å². The van der Waals surface area contributed by atoms with Crippen LogP contribution in [0.1, 0.15) is 52.4 Å². The summed E-state index contributed by atoms with van der Waals surface area (Å²) in [6, 6.07) is 0. The fourth-order valence-electron chi connectivity index (χ4n) is 4.19. The van der Waals surface area contributed by atoms with Gasteiger partial charge in [-0.2, -0.15) is 0 Å². The zero-order valence-electron chi connectivity index (χ0n) is 11.2. The van der Waals surface area contributed by atoms with Crippen molar-refractivity contribution in [3.8, 4) is 0 Å². The zero-order chi connectivity index (χ0) is 12.7. The van der Waals surface area contributed by atoms with E-state index in [1.807, 2.05) is 6.92 Å². The van der Waals surface area contributed by atoms with Gasteiger partial charge in [0, 0.05) is 0 Å². The second kappa shape index (κ2) is 4.40. The van der Waals surface area contributed by atoms with Crippen LogP contribution in [0.2, 0.25) is 0 Å². The molecule has 2 aliphatic rings. The van der Waals surface area contributed by atoms with E-state index in [1.54, 1.807) is 0 Å². The van der Waals surface area contributed by atoms with Crippen LogP contribution in [-0.4, -0.2) is 22.4 Å². The average Bonchev–Trinajstić information content (AvgIpc) is 2.27. The molecule has 2 nitrogen and oxygen atoms in total. The number of hydrogen-bond donors (Lipinski definition) is 2. The Morgan fingerprint density at radius 2 is 2.00 bits per heavy atom. The lowest BCUT2D eigenvalue weighted by molar-refractivity contribution is -0.120. The second-order valence-corrected chi connectivity index (χ2v) is 6.71. The molecule has 0 amide bonds. The molecule has 0 aromatic rings. The van der Waals surface area contributed by atoms with Gasteiger partial charge in [-0.3, -0.25) is 0 Å². The molecule has 2 saturated carbocycles. The first-order valence-corrected chi connectivity index (χ1v) is 6.90. The molecule has 0 radical (unpaired) electrons. The SMILES string of the molecule is C=C(CO)C1CC[C@@]2(C)CCC[C@@](C)(O)[C@@H]2C1. The maximum atomic E-state index is 10.6. The van der Waals surface area contributed by atoms with Crippen molar-refractivity contribution >= 4 is 0 Å². The molecule has 0 aromatic heterocycles. The van der Waals surface area contributed by atoms with Gasteiger partial charge in [-0.15, -0.1) is 0 Å². The highest BCUT2D eigenvalue weighted by Gasteiger charge is 2.50. The molecule has 0 bridgehead atoms. The highest BCUT2D eigenvalue weighted by molar-refractivity contribution is 5.09. The van der Waals surface area contributed by atoms with E-state index >= 15 is 0 Å². The third kappa shape index (κ3) is 2.30. The normalized spacial score (nSPS) is 46.4. The van der Waals surface area contributed by atoms with E-state index in [-0.39, 0.29) is 6.61 Å². The lowest BCUT2D eigenvalue weighted by atomic mass is 9.53. The largest absolute Gasteiger partial charge is 0.392 e. The molecule has 2 aliphatic carbocycles. The quantitative estimate of drug-likeness (QED) is 0.726. The highest BCUT2D eigenvalue weighted by Crippen LogP contribution is 2.56. The standard InChI is InChI=1S/C15H26O2/c1-11(10-16)12-5-8-14(2)6-4-7-15(3,17)13(14)9-12/h12-13,16-17H,1,4-10H2,2-3H3/t12?,13-,14-,15-/m1/s1. The third-order valence-electron chi connectivity index (χ3n) is 5.39. The molecule has 0 aliphatic heterocycles. The predicted molar refractivity (Wildman–Crippen MR) is 69.6 cm³/mol. The fraction of sp³-hybridized carbons (Fsp3) is 0.867. The van der Waals surface area contributed by atoms with E-state index in [2.05, 4.69) is 13.5 Å². The third-order valence-corrected chi connectivity index (χ3v) is 5.39. The summed E-state index contributed by atoms with van der Waals surface area (Å²) >= 11 is 0. The Morgan fingerprint density at radius 1 is 1.29 bits per heavy atom. The molecule has 0 saturated heterocycles. The molecule has 0 aromatic carbocycles. The van der Waals surface area contributed by atoms with Crippen molar-refractivity contribution in [3.05, 3.63) is 12.2 Å². The summed E-state index contributed by atoms with van der Waals surface area (Å²) in [4.78, 5) is 0. The summed E-state index contributed by atoms with van der Waals surface area (Å²) in [5.41, 5.74) is 0.725. The predicted octanol–water partition coefficient (Wildman–Crippen LogP) is 2.89. The summed E-state index contributed by atoms with van der Waals surface area (Å²) in [6.45, 7) is 8.40. The molecule has 2 heteroatoms. The van der Waals surface area contributed by atoms with E-state index < -0.39 is 5.60 Å². The smallest absolute Gasteiger partial charge is 0.0653 e. The van der Waals surface area contributed by atoms with Gasteiger partial charge in [0.25, 0.3) is 0 Å². The Hall–Kier alpha value is -0.340. The lowest BCUT2D eigenvalue weighted by Gasteiger charge is -2.54. The van der Waals surface area contributed by atoms with Crippen molar-refractivity contribution in [3.63, 3.8) is 0 Å². The van der Waals surface area contributed by atoms with Gasteiger partial charge in [0.2, 0.25) is 0 Å². The fourth-order valence-corrected chi connectivity index (χ4v) is 4.19. The molecule has 1 unspecified atom stereocenters. The summed E-state index contributed by atoms with van der Waals surface area (Å²) < 4.78 is 0. The van der Waals surface area contributed by atoms with Crippen molar-refractivity contribution in [1.82, 2.24) is 0 Å². The van der Waals surface area contributed by atoms with E-state index in [4.69, 9.17) is 0 Å². The van der Waals surface area contributed by atoms with Crippen molar-refractivity contribution < 1.29 is 10.2 Å². The van der Waals surface area contributed by atoms with E-state index in [1.165, 1.54) is 6.42 Å². The number of fused-ring (bicyclic) bond motifs is 1. The molecule has 2 rings (SSSR count). The lowest BCUT2D eigenvalue weighted by Crippen LogP contribution is -2.51. The Kier molecular flexibility index (Phi) is 3.39. The summed E-state index contributed by atoms with van der Waals surface area (Å²) in [5.74, 6) is 0.772. The minimum absolute atomic E-state index is 0.0935. The van der Waals surface area contributed by atoms with E-state index in [0.29, 0.717) is 17.3 Å². The summed E-state index contributed by atoms with van der Waals surface area (Å²) in [6.07, 6.45) is 6.60. The van der Waals surface area contributed by atoms with Crippen LogP contribution in [-0.2, 0) is 0 Å². The molecule has 2 N–H and O–H groups in total. The highest BCUT2D eigenvalue weighted by atomic mass is 16.3. The van der Waals surface area contributed by atoms with Crippen LogP contribution < -0.4 is 0 Å². The molecule has 0 spiro atoms. The van der Waals surface area contributed by atoms with Gasteiger partial charge in [0.05, 0.1) is 12.2 Å². The van der Waals surface area contributed by atoms with E-state index in [0.717, 1.165) is 37.7 Å². The van der Waals surface area contributed by atoms with Gasteiger partial charge in [-0.1, -0.05) is 19.9 Å². The van der Waals surface area contributed by atoms with Crippen molar-refractivity contribution in [1.29, 1.82) is 0 Å². The molecule has 0 heterocycles. The monoisotopic (exact) mass is 238 g/mol. The van der Waals surface area contributed by atoms with Crippen molar-refractivity contribution in [2.45, 2.75) is 58.0 Å².